The van der Waals surface area contributed by atoms with Gasteiger partial charge >= 0.3 is 0 Å². The van der Waals surface area contributed by atoms with Crippen molar-refractivity contribution < 1.29 is 22.7 Å². The van der Waals surface area contributed by atoms with Gasteiger partial charge in [-0.3, -0.25) is 24.8 Å². The number of pyridine rings is 1. The van der Waals surface area contributed by atoms with Crippen molar-refractivity contribution in [3.05, 3.63) is 58.9 Å². The largest absolute Gasteiger partial charge is 0.493 e. The molecule has 0 bridgehead atoms. The number of aryl methyl sites for hydroxylation is 1. The number of carbonyl (C=O) groups is 2. The van der Waals surface area contributed by atoms with Gasteiger partial charge in [0.2, 0.25) is 20.9 Å². The van der Waals surface area contributed by atoms with E-state index < -0.39 is 21.7 Å². The topological polar surface area (TPSA) is 119 Å². The maximum absolute atomic E-state index is 12.5. The van der Waals surface area contributed by atoms with Crippen molar-refractivity contribution in [3.63, 3.8) is 0 Å². The predicted molar refractivity (Wildman–Crippen MR) is 115 cm³/mol. The highest BCUT2D eigenvalue weighted by Gasteiger charge is 2.22. The summed E-state index contributed by atoms with van der Waals surface area (Å²) in [7, 11) is -3.65. The lowest BCUT2D eigenvalue weighted by Crippen LogP contribution is -2.41. The molecule has 164 valence electrons. The van der Waals surface area contributed by atoms with E-state index in [-0.39, 0.29) is 17.3 Å². The summed E-state index contributed by atoms with van der Waals surface area (Å²) in [4.78, 5) is 28.4. The molecule has 9 nitrogen and oxygen atoms in total. The highest BCUT2D eigenvalue weighted by atomic mass is 35.5. The van der Waals surface area contributed by atoms with Crippen LogP contribution >= 0.6 is 11.6 Å². The van der Waals surface area contributed by atoms with Crippen LogP contribution in [0.2, 0.25) is 5.02 Å². The Bertz CT molecular complexity index is 1240. The lowest BCUT2D eigenvalue weighted by molar-refractivity contribution is -0.122. The summed E-state index contributed by atoms with van der Waals surface area (Å²) in [6, 6.07) is 10.1. The molecule has 0 aliphatic carbocycles. The second-order valence-electron chi connectivity index (χ2n) is 6.84. The van der Waals surface area contributed by atoms with Crippen LogP contribution in [0, 0.1) is 6.92 Å². The summed E-state index contributed by atoms with van der Waals surface area (Å²) >= 11 is 5.90. The molecule has 0 aliphatic rings. The summed E-state index contributed by atoms with van der Waals surface area (Å²) in [5.74, 6) is -0.455. The number of fused-ring (bicyclic) bond motifs is 1. The molecule has 3 aromatic rings. The molecule has 0 saturated carbocycles. The minimum absolute atomic E-state index is 0.108. The molecule has 2 amide bonds. The van der Waals surface area contributed by atoms with Crippen LogP contribution in [0.25, 0.3) is 5.52 Å². The number of hydrogen-bond acceptors (Lipinski definition) is 6. The fraction of sp³-hybridized carbons (Fsp3) is 0.250. The van der Waals surface area contributed by atoms with E-state index in [9.17, 15) is 18.0 Å². The van der Waals surface area contributed by atoms with Crippen LogP contribution in [0.4, 0.5) is 0 Å². The molecule has 0 atom stereocenters. The van der Waals surface area contributed by atoms with E-state index in [1.807, 2.05) is 6.92 Å². The Morgan fingerprint density at radius 3 is 2.68 bits per heavy atom. The van der Waals surface area contributed by atoms with Gasteiger partial charge in [-0.15, -0.1) is 0 Å². The van der Waals surface area contributed by atoms with E-state index in [1.54, 1.807) is 36.4 Å². The van der Waals surface area contributed by atoms with Crippen LogP contribution in [0.15, 0.2) is 47.8 Å². The zero-order chi connectivity index (χ0) is 22.6. The predicted octanol–water partition coefficient (Wildman–Crippen LogP) is 2.32. The van der Waals surface area contributed by atoms with E-state index in [0.717, 1.165) is 11.8 Å². The molecule has 2 N–H and O–H groups in total. The van der Waals surface area contributed by atoms with Crippen molar-refractivity contribution in [1.82, 2.24) is 20.2 Å². The number of imidazole rings is 1. The zero-order valence-corrected chi connectivity index (χ0v) is 18.5. The monoisotopic (exact) mass is 464 g/mol. The van der Waals surface area contributed by atoms with Gasteiger partial charge in [-0.2, -0.15) is 0 Å². The number of hydrazine groups is 1. The molecule has 3 rings (SSSR count). The van der Waals surface area contributed by atoms with Gasteiger partial charge < -0.3 is 4.74 Å². The summed E-state index contributed by atoms with van der Waals surface area (Å²) in [5, 5.41) is 0.364. The first-order valence-electron chi connectivity index (χ1n) is 9.32. The van der Waals surface area contributed by atoms with Gasteiger partial charge in [0, 0.05) is 23.9 Å². The molecule has 31 heavy (non-hydrogen) atoms. The molecule has 11 heteroatoms. The molecule has 0 unspecified atom stereocenters. The van der Waals surface area contributed by atoms with E-state index in [4.69, 9.17) is 16.3 Å². The summed E-state index contributed by atoms with van der Waals surface area (Å²) in [5.41, 5.74) is 5.66. The second kappa shape index (κ2) is 9.36. The first-order chi connectivity index (χ1) is 14.7. The Labute approximate surface area is 184 Å². The molecule has 0 spiro atoms. The number of amides is 2. The third-order valence-corrected chi connectivity index (χ3v) is 5.51. The van der Waals surface area contributed by atoms with Crippen molar-refractivity contribution >= 4 is 38.8 Å². The highest BCUT2D eigenvalue weighted by Crippen LogP contribution is 2.22. The number of nitrogens with zero attached hydrogens (tertiary/aromatic N) is 2. The number of benzene rings is 1. The van der Waals surface area contributed by atoms with Crippen molar-refractivity contribution in [2.45, 2.75) is 24.9 Å². The average Bonchev–Trinajstić information content (AvgIpc) is 3.11. The molecule has 0 radical (unpaired) electrons. The Morgan fingerprint density at radius 2 is 1.97 bits per heavy atom. The molecule has 2 aromatic heterocycles. The zero-order valence-electron chi connectivity index (χ0n) is 16.9. The number of carbonyl (C=O) groups excluding carboxylic acids is 2. The number of ether oxygens (including phenoxy) is 1. The Morgan fingerprint density at radius 1 is 1.19 bits per heavy atom. The van der Waals surface area contributed by atoms with Gasteiger partial charge in [0.15, 0.2) is 5.69 Å². The fourth-order valence-corrected chi connectivity index (χ4v) is 3.88. The van der Waals surface area contributed by atoms with Crippen LogP contribution in [-0.2, 0) is 14.6 Å². The lowest BCUT2D eigenvalue weighted by Gasteiger charge is -2.10. The number of nitrogens with one attached hydrogen (secondary N) is 2. The van der Waals surface area contributed by atoms with Crippen molar-refractivity contribution in [3.8, 4) is 5.75 Å². The molecule has 0 saturated heterocycles. The fourth-order valence-electron chi connectivity index (χ4n) is 2.88. The molecule has 0 fully saturated rings. The van der Waals surface area contributed by atoms with Crippen molar-refractivity contribution in [2.24, 2.45) is 0 Å². The van der Waals surface area contributed by atoms with Gasteiger partial charge in [-0.25, -0.2) is 13.4 Å². The molecule has 1 aromatic carbocycles. The number of hydrogen-bond donors (Lipinski definition) is 2. The Kier molecular flexibility index (Phi) is 6.81. The normalized spacial score (nSPS) is 11.3. The Hall–Kier alpha value is -3.11. The van der Waals surface area contributed by atoms with E-state index in [1.165, 1.54) is 10.6 Å². The number of rotatable bonds is 7. The second-order valence-corrected chi connectivity index (χ2v) is 9.18. The number of halogens is 1. The minimum Gasteiger partial charge on any atom is -0.493 e. The van der Waals surface area contributed by atoms with E-state index in [2.05, 4.69) is 15.8 Å². The molecular formula is C20H21ClN4O5S. The lowest BCUT2D eigenvalue weighted by atomic mass is 10.2. The first kappa shape index (κ1) is 22.6. The average molecular weight is 465 g/mol. The third kappa shape index (κ3) is 5.53. The van der Waals surface area contributed by atoms with Crippen LogP contribution in [-0.4, -0.2) is 42.5 Å². The van der Waals surface area contributed by atoms with E-state index >= 15 is 0 Å². The van der Waals surface area contributed by atoms with Gasteiger partial charge in [0.1, 0.15) is 5.75 Å². The van der Waals surface area contributed by atoms with Gasteiger partial charge in [0.25, 0.3) is 5.91 Å². The van der Waals surface area contributed by atoms with Crippen LogP contribution < -0.4 is 15.6 Å². The van der Waals surface area contributed by atoms with Crippen molar-refractivity contribution in [2.75, 3.05) is 12.9 Å². The maximum atomic E-state index is 12.5. The summed E-state index contributed by atoms with van der Waals surface area (Å²) in [6.07, 6.45) is 3.04. The van der Waals surface area contributed by atoms with Crippen molar-refractivity contribution in [1.29, 1.82) is 0 Å². The summed E-state index contributed by atoms with van der Waals surface area (Å²) < 4.78 is 30.8. The maximum Gasteiger partial charge on any atom is 0.290 e. The molecule has 2 heterocycles. The standard InChI is InChI=1S/C20H21ClN4O5S/c1-13-12-14(21)8-9-16(13)30-11-5-7-17(26)23-24-19(27)18-15-6-3-4-10-25(15)20(22-18)31(2,28)29/h3-4,6,8-10,12H,5,7,11H2,1-2H3,(H,23,26)(H,24,27). The van der Waals surface area contributed by atoms with Gasteiger partial charge in [0.05, 0.1) is 12.1 Å². The van der Waals surface area contributed by atoms with Crippen LogP contribution in [0.3, 0.4) is 0 Å². The first-order valence-corrected chi connectivity index (χ1v) is 11.6. The molecule has 0 aliphatic heterocycles. The quantitative estimate of drug-likeness (QED) is 0.409. The number of sulfone groups is 1. The van der Waals surface area contributed by atoms with Gasteiger partial charge in [-0.1, -0.05) is 17.7 Å². The summed E-state index contributed by atoms with van der Waals surface area (Å²) in [6.45, 7) is 2.19. The Balaban J connectivity index is 1.53. The van der Waals surface area contributed by atoms with Gasteiger partial charge in [-0.05, 0) is 49.2 Å². The highest BCUT2D eigenvalue weighted by molar-refractivity contribution is 7.90. The molecular weight excluding hydrogens is 444 g/mol. The minimum atomic E-state index is -3.65. The SMILES string of the molecule is Cc1cc(Cl)ccc1OCCCC(=O)NNC(=O)c1nc(S(C)(=O)=O)n2ccccc12. The smallest absolute Gasteiger partial charge is 0.290 e. The number of aromatic nitrogens is 2. The van der Waals surface area contributed by atoms with E-state index in [0.29, 0.717) is 29.3 Å². The van der Waals surface area contributed by atoms with Crippen LogP contribution in [0.5, 0.6) is 5.75 Å². The van der Waals surface area contributed by atoms with Crippen LogP contribution in [0.1, 0.15) is 28.9 Å². The third-order valence-electron chi connectivity index (χ3n) is 4.32.